The van der Waals surface area contributed by atoms with E-state index in [9.17, 15) is 4.79 Å². The number of rotatable bonds is 11. The predicted molar refractivity (Wildman–Crippen MR) is 146 cm³/mol. The minimum Gasteiger partial charge on any atom is -0.481 e. The number of carboxylic acid groups (broad SMARTS) is 1. The fraction of sp³-hybridized carbons (Fsp3) is 0.538. The summed E-state index contributed by atoms with van der Waals surface area (Å²) in [6, 6.07) is 3.99. The SMILES string of the molecule is Nc1ncnc2c1ncn2C1CCC(CN(CCCC(=O)O)CCCC2CNCc3c2ccc(Cl)c3Cl)O1. The molecular weight excluding hydrogens is 529 g/mol. The highest BCUT2D eigenvalue weighted by Crippen LogP contribution is 2.36. The summed E-state index contributed by atoms with van der Waals surface area (Å²) in [4.78, 5) is 26.2. The van der Waals surface area contributed by atoms with Gasteiger partial charge >= 0.3 is 5.97 Å². The highest BCUT2D eigenvalue weighted by molar-refractivity contribution is 6.42. The Bertz CT molecular complexity index is 1290. The Balaban J connectivity index is 1.19. The Morgan fingerprint density at radius 2 is 2.05 bits per heavy atom. The van der Waals surface area contributed by atoms with Gasteiger partial charge in [0.05, 0.1) is 22.5 Å². The molecule has 5 rings (SSSR count). The molecule has 204 valence electrons. The van der Waals surface area contributed by atoms with Crippen molar-refractivity contribution in [2.24, 2.45) is 0 Å². The number of nitrogens with zero attached hydrogens (tertiary/aromatic N) is 5. The number of nitrogen functional groups attached to an aromatic ring is 1. The lowest BCUT2D eigenvalue weighted by Crippen LogP contribution is -2.35. The van der Waals surface area contributed by atoms with Crippen LogP contribution in [0.15, 0.2) is 24.8 Å². The predicted octanol–water partition coefficient (Wildman–Crippen LogP) is 4.23. The van der Waals surface area contributed by atoms with E-state index in [-0.39, 0.29) is 18.8 Å². The number of halogens is 2. The van der Waals surface area contributed by atoms with Gasteiger partial charge < -0.3 is 25.8 Å². The Morgan fingerprint density at radius 1 is 1.21 bits per heavy atom. The molecule has 2 aromatic heterocycles. The summed E-state index contributed by atoms with van der Waals surface area (Å²) in [5.74, 6) is -0.0460. The number of hydrogen-bond donors (Lipinski definition) is 3. The van der Waals surface area contributed by atoms with Crippen LogP contribution in [0.1, 0.15) is 61.8 Å². The first kappa shape index (κ1) is 27.1. The van der Waals surface area contributed by atoms with Gasteiger partial charge in [-0.05, 0) is 68.3 Å². The Labute approximate surface area is 231 Å². The second-order valence-corrected chi connectivity index (χ2v) is 10.9. The van der Waals surface area contributed by atoms with Crippen molar-refractivity contribution >= 4 is 46.2 Å². The Hall–Kier alpha value is -2.50. The average molecular weight is 563 g/mol. The molecule has 3 atom stereocenters. The molecule has 0 bridgehead atoms. The van der Waals surface area contributed by atoms with Crippen molar-refractivity contribution in [3.8, 4) is 0 Å². The smallest absolute Gasteiger partial charge is 0.303 e. The standard InChI is InChI=1S/C26H33Cl2N7O3/c27-20-7-6-18-16(11-30-12-19(18)23(20)28)3-1-9-34(10-2-4-22(36)37)13-17-5-8-21(38-17)35-15-33-24-25(29)31-14-32-26(24)35/h6-7,14-17,21,30H,1-5,8-13H2,(H,36,37)(H2,29,31,32). The number of imidazole rings is 1. The molecule has 0 radical (unpaired) electrons. The quantitative estimate of drug-likeness (QED) is 0.314. The van der Waals surface area contributed by atoms with E-state index in [1.54, 1.807) is 6.33 Å². The van der Waals surface area contributed by atoms with Gasteiger partial charge in [0.15, 0.2) is 11.5 Å². The molecule has 0 aliphatic carbocycles. The summed E-state index contributed by atoms with van der Waals surface area (Å²) in [6.07, 6.45) is 7.53. The average Bonchev–Trinajstić information content (AvgIpc) is 3.54. The molecule has 1 aromatic carbocycles. The van der Waals surface area contributed by atoms with E-state index in [0.29, 0.717) is 39.4 Å². The van der Waals surface area contributed by atoms with Gasteiger partial charge in [-0.1, -0.05) is 29.3 Å². The minimum absolute atomic E-state index is 0.0412. The summed E-state index contributed by atoms with van der Waals surface area (Å²) in [5, 5.41) is 13.8. The number of ether oxygens (including phenoxy) is 1. The number of anilines is 1. The molecule has 12 heteroatoms. The number of carbonyl (C=O) groups is 1. The summed E-state index contributed by atoms with van der Waals surface area (Å²) < 4.78 is 8.33. The van der Waals surface area contributed by atoms with E-state index < -0.39 is 5.97 Å². The van der Waals surface area contributed by atoms with E-state index in [1.807, 2.05) is 10.6 Å². The van der Waals surface area contributed by atoms with Gasteiger partial charge in [0.25, 0.3) is 0 Å². The number of benzene rings is 1. The maximum Gasteiger partial charge on any atom is 0.303 e. The van der Waals surface area contributed by atoms with Crippen LogP contribution in [0.5, 0.6) is 0 Å². The molecule has 0 saturated carbocycles. The molecule has 2 aliphatic rings. The summed E-state index contributed by atoms with van der Waals surface area (Å²) in [7, 11) is 0. The van der Waals surface area contributed by atoms with E-state index in [1.165, 1.54) is 11.9 Å². The molecule has 4 N–H and O–H groups in total. The van der Waals surface area contributed by atoms with Crippen LogP contribution in [-0.2, 0) is 16.1 Å². The van der Waals surface area contributed by atoms with Crippen LogP contribution in [0.2, 0.25) is 10.0 Å². The highest BCUT2D eigenvalue weighted by atomic mass is 35.5. The molecule has 0 amide bonds. The van der Waals surface area contributed by atoms with Crippen molar-refractivity contribution in [3.63, 3.8) is 0 Å². The van der Waals surface area contributed by atoms with Gasteiger partial charge in [0.2, 0.25) is 0 Å². The molecule has 3 unspecified atom stereocenters. The number of nitrogens with two attached hydrogens (primary N) is 1. The van der Waals surface area contributed by atoms with E-state index >= 15 is 0 Å². The largest absolute Gasteiger partial charge is 0.481 e. The van der Waals surface area contributed by atoms with Crippen molar-refractivity contribution in [3.05, 3.63) is 46.0 Å². The van der Waals surface area contributed by atoms with Crippen LogP contribution in [0.4, 0.5) is 5.82 Å². The van der Waals surface area contributed by atoms with Crippen LogP contribution in [0.3, 0.4) is 0 Å². The molecule has 38 heavy (non-hydrogen) atoms. The van der Waals surface area contributed by atoms with Gasteiger partial charge in [0, 0.05) is 26.1 Å². The summed E-state index contributed by atoms with van der Waals surface area (Å²) in [5.41, 5.74) is 9.56. The maximum absolute atomic E-state index is 11.1. The molecule has 3 aromatic rings. The Kier molecular flexibility index (Phi) is 8.64. The van der Waals surface area contributed by atoms with E-state index in [2.05, 4.69) is 31.2 Å². The van der Waals surface area contributed by atoms with E-state index in [0.717, 1.165) is 64.0 Å². The summed E-state index contributed by atoms with van der Waals surface area (Å²) >= 11 is 12.7. The van der Waals surface area contributed by atoms with Crippen molar-refractivity contribution < 1.29 is 14.6 Å². The minimum atomic E-state index is -0.768. The van der Waals surface area contributed by atoms with E-state index in [4.69, 9.17) is 38.8 Å². The van der Waals surface area contributed by atoms with Gasteiger partial charge in [0.1, 0.15) is 18.1 Å². The van der Waals surface area contributed by atoms with Crippen molar-refractivity contribution in [1.82, 2.24) is 29.7 Å². The first-order valence-corrected chi connectivity index (χ1v) is 13.9. The van der Waals surface area contributed by atoms with Crippen molar-refractivity contribution in [1.29, 1.82) is 0 Å². The van der Waals surface area contributed by atoms with Gasteiger partial charge in [-0.25, -0.2) is 15.0 Å². The number of aliphatic carboxylic acids is 1. The van der Waals surface area contributed by atoms with Gasteiger partial charge in [-0.2, -0.15) is 0 Å². The number of fused-ring (bicyclic) bond motifs is 2. The van der Waals surface area contributed by atoms with Gasteiger partial charge in [-0.15, -0.1) is 0 Å². The first-order chi connectivity index (χ1) is 18.4. The highest BCUT2D eigenvalue weighted by Gasteiger charge is 2.30. The van der Waals surface area contributed by atoms with Crippen LogP contribution in [-0.4, -0.2) is 67.8 Å². The van der Waals surface area contributed by atoms with Gasteiger partial charge in [-0.3, -0.25) is 9.36 Å². The molecule has 4 heterocycles. The van der Waals surface area contributed by atoms with Crippen LogP contribution in [0.25, 0.3) is 11.2 Å². The molecule has 1 saturated heterocycles. The number of carboxylic acids is 1. The Morgan fingerprint density at radius 3 is 2.89 bits per heavy atom. The maximum atomic E-state index is 11.1. The molecule has 1 fully saturated rings. The van der Waals surface area contributed by atoms with Crippen molar-refractivity contribution in [2.45, 2.75) is 63.3 Å². The molecule has 2 aliphatic heterocycles. The third-order valence-corrected chi connectivity index (χ3v) is 8.34. The monoisotopic (exact) mass is 561 g/mol. The third-order valence-electron chi connectivity index (χ3n) is 7.50. The zero-order valence-corrected chi connectivity index (χ0v) is 22.7. The first-order valence-electron chi connectivity index (χ1n) is 13.1. The second kappa shape index (κ2) is 12.1. The van der Waals surface area contributed by atoms with Crippen LogP contribution >= 0.6 is 23.2 Å². The number of nitrogens with one attached hydrogen (secondary N) is 1. The fourth-order valence-electron chi connectivity index (χ4n) is 5.61. The number of hydrogen-bond acceptors (Lipinski definition) is 8. The fourth-order valence-corrected chi connectivity index (χ4v) is 6.03. The topological polar surface area (TPSA) is 131 Å². The zero-order chi connectivity index (χ0) is 26.6. The molecule has 0 spiro atoms. The number of aromatic nitrogens is 4. The summed E-state index contributed by atoms with van der Waals surface area (Å²) in [6.45, 7) is 3.98. The van der Waals surface area contributed by atoms with Crippen molar-refractivity contribution in [2.75, 3.05) is 31.9 Å². The lowest BCUT2D eigenvalue weighted by Gasteiger charge is -2.29. The van der Waals surface area contributed by atoms with Crippen LogP contribution in [0, 0.1) is 0 Å². The lowest BCUT2D eigenvalue weighted by molar-refractivity contribution is -0.137. The normalized spacial score (nSPS) is 21.3. The molecular formula is C26H33Cl2N7O3. The second-order valence-electron chi connectivity index (χ2n) is 10.1. The third kappa shape index (κ3) is 6.05. The van der Waals surface area contributed by atoms with Crippen LogP contribution < -0.4 is 11.1 Å². The molecule has 10 nitrogen and oxygen atoms in total. The zero-order valence-electron chi connectivity index (χ0n) is 21.2. The lowest BCUT2D eigenvalue weighted by atomic mass is 9.87.